The van der Waals surface area contributed by atoms with Crippen LogP contribution in [0.2, 0.25) is 0 Å². The van der Waals surface area contributed by atoms with E-state index < -0.39 is 0 Å². The van der Waals surface area contributed by atoms with Crippen molar-refractivity contribution >= 4 is 27.5 Å². The molecule has 1 aromatic heterocycles. The average Bonchev–Trinajstić information content (AvgIpc) is 3.69. The first kappa shape index (κ1) is 38.7. The van der Waals surface area contributed by atoms with Crippen molar-refractivity contribution in [2.75, 3.05) is 5.73 Å². The molecule has 0 saturated heterocycles. The molecule has 10 rings (SSSR count). The van der Waals surface area contributed by atoms with Crippen molar-refractivity contribution in [3.05, 3.63) is 216 Å². The number of hydrogen-bond acceptors (Lipinski definition) is 5. The topological polar surface area (TPSA) is 126 Å². The van der Waals surface area contributed by atoms with Crippen LogP contribution < -0.4 is 5.73 Å². The van der Waals surface area contributed by atoms with Crippen molar-refractivity contribution in [2.45, 2.75) is 0 Å². The lowest BCUT2D eigenvalue weighted by Crippen LogP contribution is -2.05. The van der Waals surface area contributed by atoms with Gasteiger partial charge in [-0.2, -0.15) is 21.0 Å². The van der Waals surface area contributed by atoms with E-state index in [1.165, 1.54) is 0 Å². The maximum atomic E-state index is 11.4. The summed E-state index contributed by atoms with van der Waals surface area (Å²) in [5.74, 6) is 0. The predicted octanol–water partition coefficient (Wildman–Crippen LogP) is 13.9. The number of aromatic nitrogens is 1. The number of nitrogen functional groups attached to an aromatic ring is 1. The molecule has 0 unspecified atom stereocenters. The quantitative estimate of drug-likeness (QED) is 0.160. The van der Waals surface area contributed by atoms with Crippen molar-refractivity contribution in [3.8, 4) is 96.7 Å². The Balaban J connectivity index is 1.23. The fraction of sp³-hybridized carbons (Fsp3) is 0. The van der Waals surface area contributed by atoms with Crippen LogP contribution in [0.25, 0.3) is 94.3 Å². The van der Waals surface area contributed by atoms with Crippen LogP contribution in [0.15, 0.2) is 194 Å². The first-order valence-corrected chi connectivity index (χ1v) is 20.7. The zero-order chi connectivity index (χ0) is 43.7. The van der Waals surface area contributed by atoms with Gasteiger partial charge in [0.1, 0.15) is 12.1 Å². The summed E-state index contributed by atoms with van der Waals surface area (Å²) in [6, 6.07) is 73.3. The Morgan fingerprint density at radius 3 is 1.14 bits per heavy atom. The van der Waals surface area contributed by atoms with E-state index >= 15 is 0 Å². The highest BCUT2D eigenvalue weighted by atomic mass is 15.0. The van der Waals surface area contributed by atoms with Gasteiger partial charge in [-0.3, -0.25) is 0 Å². The third-order valence-electron chi connectivity index (χ3n) is 12.0. The van der Waals surface area contributed by atoms with E-state index in [2.05, 4.69) is 89.5 Å². The summed E-state index contributed by atoms with van der Waals surface area (Å²) in [6.07, 6.45) is 0. The normalized spacial score (nSPS) is 10.8. The molecule has 0 bridgehead atoms. The van der Waals surface area contributed by atoms with Gasteiger partial charge in [0.05, 0.1) is 56.8 Å². The minimum absolute atomic E-state index is 0.202. The molecular formula is C58H34N6. The molecule has 296 valence electrons. The number of nitrogens with zero attached hydrogens (tertiary/aromatic N) is 5. The van der Waals surface area contributed by atoms with Crippen molar-refractivity contribution in [1.29, 1.82) is 21.0 Å². The summed E-state index contributed by atoms with van der Waals surface area (Å²) in [7, 11) is 0. The predicted molar refractivity (Wildman–Crippen MR) is 257 cm³/mol. The van der Waals surface area contributed by atoms with Crippen LogP contribution in [0.1, 0.15) is 22.3 Å². The van der Waals surface area contributed by atoms with Gasteiger partial charge < -0.3 is 10.3 Å². The second-order valence-electron chi connectivity index (χ2n) is 15.5. The highest BCUT2D eigenvalue weighted by molar-refractivity contribution is 6.13. The summed E-state index contributed by atoms with van der Waals surface area (Å²) in [6.45, 7) is 0. The van der Waals surface area contributed by atoms with E-state index in [4.69, 9.17) is 5.73 Å². The van der Waals surface area contributed by atoms with Crippen LogP contribution in [0, 0.1) is 45.3 Å². The van der Waals surface area contributed by atoms with E-state index in [0.717, 1.165) is 60.8 Å². The summed E-state index contributed by atoms with van der Waals surface area (Å²) in [4.78, 5) is 0. The molecule has 6 heteroatoms. The third-order valence-corrected chi connectivity index (χ3v) is 12.0. The number of hydrogen-bond donors (Lipinski definition) is 1. The van der Waals surface area contributed by atoms with Gasteiger partial charge in [-0.25, -0.2) is 0 Å². The minimum Gasteiger partial charge on any atom is -0.397 e. The largest absolute Gasteiger partial charge is 0.397 e. The smallest absolute Gasteiger partial charge is 0.102 e. The molecule has 9 aromatic carbocycles. The highest BCUT2D eigenvalue weighted by Gasteiger charge is 2.26. The molecule has 0 fully saturated rings. The number of rotatable bonds is 7. The van der Waals surface area contributed by atoms with E-state index in [-0.39, 0.29) is 11.3 Å². The second kappa shape index (κ2) is 16.2. The Bertz CT molecular complexity index is 3520. The monoisotopic (exact) mass is 814 g/mol. The van der Waals surface area contributed by atoms with E-state index in [1.807, 2.05) is 127 Å². The highest BCUT2D eigenvalue weighted by Crippen LogP contribution is 2.45. The standard InChI is InChI=1S/C58H34N6/c59-33-45-31-47(39-17-9-3-10-18-39)57(63)51(35-61)55(45)41-21-23-42(24-22-41)56-46(34-60)32-48(40-19-11-4-12-20-40)58(52(56)36-62)64-53-27-25-43(37-13-5-1-6-14-37)29-49(53)50-30-44(26-28-54(50)64)38-15-7-2-8-16-38/h1-32H,63H2. The number of nitrogens with two attached hydrogens (primary N) is 1. The molecule has 0 saturated carbocycles. The molecule has 0 amide bonds. The molecule has 10 aromatic rings. The van der Waals surface area contributed by atoms with Gasteiger partial charge in [0.25, 0.3) is 0 Å². The fourth-order valence-electron chi connectivity index (χ4n) is 8.99. The van der Waals surface area contributed by atoms with Crippen molar-refractivity contribution in [1.82, 2.24) is 4.57 Å². The van der Waals surface area contributed by atoms with Crippen molar-refractivity contribution < 1.29 is 0 Å². The van der Waals surface area contributed by atoms with Gasteiger partial charge in [0.2, 0.25) is 0 Å². The van der Waals surface area contributed by atoms with E-state index in [0.29, 0.717) is 50.2 Å². The third kappa shape index (κ3) is 6.50. The summed E-state index contributed by atoms with van der Waals surface area (Å²) in [5, 5.41) is 45.2. The van der Waals surface area contributed by atoms with Crippen molar-refractivity contribution in [3.63, 3.8) is 0 Å². The molecular weight excluding hydrogens is 781 g/mol. The van der Waals surface area contributed by atoms with Gasteiger partial charge in [0, 0.05) is 33.0 Å². The number of benzene rings is 9. The van der Waals surface area contributed by atoms with Crippen LogP contribution in [-0.2, 0) is 0 Å². The Labute approximate surface area is 370 Å². The van der Waals surface area contributed by atoms with Crippen LogP contribution in [0.3, 0.4) is 0 Å². The lowest BCUT2D eigenvalue weighted by molar-refractivity contribution is 1.17. The van der Waals surface area contributed by atoms with Crippen molar-refractivity contribution in [2.24, 2.45) is 0 Å². The molecule has 6 nitrogen and oxygen atoms in total. The minimum atomic E-state index is 0.202. The Morgan fingerprint density at radius 1 is 0.344 bits per heavy atom. The summed E-state index contributed by atoms with van der Waals surface area (Å²) in [5.41, 5.74) is 20.0. The van der Waals surface area contributed by atoms with Gasteiger partial charge >= 0.3 is 0 Å². The Kier molecular flexibility index (Phi) is 9.80. The molecule has 0 spiro atoms. The Hall–Kier alpha value is -9.46. The zero-order valence-corrected chi connectivity index (χ0v) is 34.3. The molecule has 1 heterocycles. The number of fused-ring (bicyclic) bond motifs is 3. The summed E-state index contributed by atoms with van der Waals surface area (Å²) >= 11 is 0. The fourth-order valence-corrected chi connectivity index (χ4v) is 8.99. The average molecular weight is 815 g/mol. The van der Waals surface area contributed by atoms with Gasteiger partial charge in [-0.15, -0.1) is 0 Å². The molecule has 0 aliphatic rings. The van der Waals surface area contributed by atoms with Crippen LogP contribution in [0.4, 0.5) is 5.69 Å². The second-order valence-corrected chi connectivity index (χ2v) is 15.5. The van der Waals surface area contributed by atoms with Crippen LogP contribution in [-0.4, -0.2) is 4.57 Å². The zero-order valence-electron chi connectivity index (χ0n) is 34.3. The lowest BCUT2D eigenvalue weighted by atomic mass is 9.86. The molecule has 0 radical (unpaired) electrons. The molecule has 0 atom stereocenters. The van der Waals surface area contributed by atoms with E-state index in [1.54, 1.807) is 6.07 Å². The number of anilines is 1. The first-order chi connectivity index (χ1) is 31.5. The SMILES string of the molecule is N#Cc1cc(-c2ccccc2)c(N)c(C#N)c1-c1ccc(-c2c(C#N)cc(-c3ccccc3)c(-n3c4ccc(-c5ccccc5)cc4c4cc(-c5ccccc5)ccc43)c2C#N)cc1. The van der Waals surface area contributed by atoms with E-state index in [9.17, 15) is 21.0 Å². The summed E-state index contributed by atoms with van der Waals surface area (Å²) < 4.78 is 2.17. The first-order valence-electron chi connectivity index (χ1n) is 20.7. The molecule has 0 aliphatic heterocycles. The van der Waals surface area contributed by atoms with Gasteiger partial charge in [-0.05, 0) is 80.9 Å². The van der Waals surface area contributed by atoms with Crippen LogP contribution in [0.5, 0.6) is 0 Å². The molecule has 0 aliphatic carbocycles. The molecule has 64 heavy (non-hydrogen) atoms. The molecule has 2 N–H and O–H groups in total. The Morgan fingerprint density at radius 2 is 0.719 bits per heavy atom. The maximum Gasteiger partial charge on any atom is 0.102 e. The lowest BCUT2D eigenvalue weighted by Gasteiger charge is -2.20. The van der Waals surface area contributed by atoms with Crippen LogP contribution >= 0.6 is 0 Å². The van der Waals surface area contributed by atoms with Gasteiger partial charge in [-0.1, -0.05) is 158 Å². The number of nitriles is 4. The van der Waals surface area contributed by atoms with Gasteiger partial charge in [0.15, 0.2) is 0 Å². The maximum absolute atomic E-state index is 11.4.